The summed E-state index contributed by atoms with van der Waals surface area (Å²) in [4.78, 5) is 27.7. The van der Waals surface area contributed by atoms with Gasteiger partial charge in [-0.15, -0.1) is 0 Å². The second-order valence-electron chi connectivity index (χ2n) is 10.2. The van der Waals surface area contributed by atoms with E-state index in [1.54, 1.807) is 18.2 Å². The van der Waals surface area contributed by atoms with Crippen LogP contribution in [-0.4, -0.2) is 39.8 Å². The maximum absolute atomic E-state index is 14.0. The first-order chi connectivity index (χ1) is 22.6. The number of nitrogens with one attached hydrogen (secondary N) is 1. The van der Waals surface area contributed by atoms with Crippen LogP contribution in [0.25, 0.3) is 0 Å². The van der Waals surface area contributed by atoms with Crippen molar-refractivity contribution in [3.8, 4) is 0 Å². The molecule has 2 unspecified atom stereocenters. The molecule has 0 bridgehead atoms. The molecule has 1 heterocycles. The third kappa shape index (κ3) is 8.88. The van der Waals surface area contributed by atoms with E-state index in [1.165, 1.54) is 18.2 Å². The fourth-order valence-electron chi connectivity index (χ4n) is 4.72. The van der Waals surface area contributed by atoms with Gasteiger partial charge < -0.3 is 9.87 Å². The number of carbonyl (C=O) groups is 2. The van der Waals surface area contributed by atoms with E-state index in [9.17, 15) is 18.4 Å². The molecule has 15 heteroatoms. The van der Waals surface area contributed by atoms with E-state index < -0.39 is 29.1 Å². The fraction of sp³-hybridized carbons (Fsp3) is 0.125. The van der Waals surface area contributed by atoms with Gasteiger partial charge in [-0.3, -0.25) is 18.1 Å². The van der Waals surface area contributed by atoms with Gasteiger partial charge in [0, 0.05) is 29.6 Å². The smallest absolute Gasteiger partial charge is 0.260 e. The maximum atomic E-state index is 14.0. The van der Waals surface area contributed by atoms with Crippen LogP contribution in [-0.2, 0) is 35.4 Å². The second kappa shape index (κ2) is 16.0. The monoisotopic (exact) mass is 746 g/mol. The van der Waals surface area contributed by atoms with Gasteiger partial charge in [-0.2, -0.15) is 8.75 Å². The van der Waals surface area contributed by atoms with E-state index in [1.807, 2.05) is 60.7 Å². The number of amides is 2. The van der Waals surface area contributed by atoms with Crippen molar-refractivity contribution in [2.24, 2.45) is 0 Å². The number of halogens is 4. The molecule has 242 valence electrons. The standard InChI is InChI=1S/C32H25Cl4N5O4S2/c33-23-12-13-24(29(18-23)41(47(44)45)30-27(38-46-39-30)16-20-7-3-1-4-8-20)31(42)37-28(17-22-11-14-25(34)26(35)15-22)32(43)40(36)19-21-9-5-2-6-10-21/h1-15,18,28H,16-17,19H2,(H,37,42)(H,44,45)/p-1. The molecule has 0 aliphatic carbocycles. The van der Waals surface area contributed by atoms with Crippen LogP contribution in [0.15, 0.2) is 97.1 Å². The van der Waals surface area contributed by atoms with Gasteiger partial charge in [0.15, 0.2) is 5.82 Å². The quantitative estimate of drug-likeness (QED) is 0.104. The summed E-state index contributed by atoms with van der Waals surface area (Å²) in [5.74, 6) is -1.35. The van der Waals surface area contributed by atoms with Gasteiger partial charge in [-0.25, -0.2) is 4.42 Å². The van der Waals surface area contributed by atoms with E-state index in [0.717, 1.165) is 31.6 Å². The highest BCUT2D eigenvalue weighted by molar-refractivity contribution is 7.81. The zero-order valence-electron chi connectivity index (χ0n) is 24.2. The Morgan fingerprint density at radius 2 is 1.53 bits per heavy atom. The Morgan fingerprint density at radius 3 is 2.19 bits per heavy atom. The molecule has 2 amide bonds. The minimum Gasteiger partial charge on any atom is -0.755 e. The first-order valence-electron chi connectivity index (χ1n) is 13.9. The summed E-state index contributed by atoms with van der Waals surface area (Å²) in [6.07, 6.45) is 0.284. The van der Waals surface area contributed by atoms with Crippen molar-refractivity contribution in [3.05, 3.63) is 140 Å². The van der Waals surface area contributed by atoms with E-state index >= 15 is 0 Å². The van der Waals surface area contributed by atoms with Gasteiger partial charge in [-0.1, -0.05) is 102 Å². The summed E-state index contributed by atoms with van der Waals surface area (Å²) in [5.41, 5.74) is 2.45. The normalized spacial score (nSPS) is 12.3. The number of anilines is 2. The van der Waals surface area contributed by atoms with Gasteiger partial charge >= 0.3 is 0 Å². The van der Waals surface area contributed by atoms with Crippen LogP contribution in [0.5, 0.6) is 0 Å². The molecule has 0 saturated carbocycles. The molecule has 0 aliphatic rings. The first-order valence-corrected chi connectivity index (χ1v) is 17.1. The van der Waals surface area contributed by atoms with Crippen molar-refractivity contribution in [1.82, 2.24) is 18.5 Å². The molecule has 47 heavy (non-hydrogen) atoms. The summed E-state index contributed by atoms with van der Waals surface area (Å²) in [7, 11) is 0. The van der Waals surface area contributed by atoms with Crippen molar-refractivity contribution >= 4 is 92.9 Å². The van der Waals surface area contributed by atoms with E-state index in [4.69, 9.17) is 46.6 Å². The second-order valence-corrected chi connectivity index (χ2v) is 13.2. The first kappa shape index (κ1) is 34.8. The Hall–Kier alpha value is -3.55. The van der Waals surface area contributed by atoms with Gasteiger partial charge in [-0.05, 0) is 47.0 Å². The molecular formula is C32H24Cl4N5O4S2-. The average Bonchev–Trinajstić information content (AvgIpc) is 3.50. The average molecular weight is 749 g/mol. The zero-order valence-corrected chi connectivity index (χ0v) is 28.8. The number of carbonyl (C=O) groups excluding carboxylic acids is 2. The molecule has 0 spiro atoms. The topological polar surface area (TPSA) is 119 Å². The molecule has 1 N–H and O–H groups in total. The summed E-state index contributed by atoms with van der Waals surface area (Å²) in [6.45, 7) is 0.0606. The van der Waals surface area contributed by atoms with Crippen LogP contribution < -0.4 is 9.62 Å². The number of benzene rings is 4. The van der Waals surface area contributed by atoms with Crippen molar-refractivity contribution in [1.29, 1.82) is 0 Å². The molecule has 0 radical (unpaired) electrons. The summed E-state index contributed by atoms with van der Waals surface area (Å²) < 4.78 is 36.0. The van der Waals surface area contributed by atoms with Gasteiger partial charge in [0.05, 0.1) is 50.8 Å². The third-order valence-corrected chi connectivity index (χ3v) is 9.43. The summed E-state index contributed by atoms with van der Waals surface area (Å²) in [5, 5.41) is 3.50. The minimum absolute atomic E-state index is 0.00315. The molecule has 1 aromatic heterocycles. The molecule has 9 nitrogen and oxygen atoms in total. The van der Waals surface area contributed by atoms with Crippen LogP contribution in [0, 0.1) is 0 Å². The Labute approximate surface area is 297 Å². The lowest BCUT2D eigenvalue weighted by atomic mass is 10.0. The Bertz CT molecular complexity index is 1900. The van der Waals surface area contributed by atoms with Crippen LogP contribution in [0.3, 0.4) is 0 Å². The van der Waals surface area contributed by atoms with Crippen molar-refractivity contribution in [2.45, 2.75) is 25.4 Å². The molecule has 0 aliphatic heterocycles. The lowest BCUT2D eigenvalue weighted by Gasteiger charge is -2.28. The molecule has 4 aromatic carbocycles. The van der Waals surface area contributed by atoms with E-state index in [0.29, 0.717) is 16.3 Å². The number of hydrogen-bond acceptors (Lipinski definition) is 7. The van der Waals surface area contributed by atoms with Crippen molar-refractivity contribution in [2.75, 3.05) is 4.31 Å². The highest BCUT2D eigenvalue weighted by atomic mass is 35.5. The molecule has 2 atom stereocenters. The molecule has 0 saturated heterocycles. The highest BCUT2D eigenvalue weighted by Crippen LogP contribution is 2.34. The molecular weight excluding hydrogens is 724 g/mol. The van der Waals surface area contributed by atoms with Crippen LogP contribution in [0.1, 0.15) is 32.7 Å². The number of hydrogen-bond donors (Lipinski definition) is 1. The Morgan fingerprint density at radius 1 is 0.851 bits per heavy atom. The fourth-order valence-corrected chi connectivity index (χ4v) is 6.66. The van der Waals surface area contributed by atoms with Crippen LogP contribution >= 0.6 is 58.3 Å². The summed E-state index contributed by atoms with van der Waals surface area (Å²) in [6, 6.07) is 26.2. The number of rotatable bonds is 12. The Kier molecular flexibility index (Phi) is 11.9. The predicted molar refractivity (Wildman–Crippen MR) is 186 cm³/mol. The summed E-state index contributed by atoms with van der Waals surface area (Å²) >= 11 is 23.0. The minimum atomic E-state index is -2.95. The van der Waals surface area contributed by atoms with Crippen LogP contribution in [0.2, 0.25) is 15.1 Å². The van der Waals surface area contributed by atoms with E-state index in [2.05, 4.69) is 14.1 Å². The molecule has 5 aromatic rings. The largest absolute Gasteiger partial charge is 0.755 e. The number of aromatic nitrogens is 2. The van der Waals surface area contributed by atoms with Gasteiger partial charge in [0.1, 0.15) is 11.7 Å². The number of nitrogens with zero attached hydrogens (tertiary/aromatic N) is 4. The van der Waals surface area contributed by atoms with E-state index in [-0.39, 0.29) is 46.5 Å². The maximum Gasteiger partial charge on any atom is 0.260 e. The Balaban J connectivity index is 1.48. The van der Waals surface area contributed by atoms with Gasteiger partial charge in [0.2, 0.25) is 0 Å². The predicted octanol–water partition coefficient (Wildman–Crippen LogP) is 7.55. The molecule has 0 fully saturated rings. The highest BCUT2D eigenvalue weighted by Gasteiger charge is 2.30. The van der Waals surface area contributed by atoms with Crippen LogP contribution in [0.4, 0.5) is 11.5 Å². The van der Waals surface area contributed by atoms with Gasteiger partial charge in [0.25, 0.3) is 11.8 Å². The molecule has 5 rings (SSSR count). The zero-order chi connectivity index (χ0) is 33.5. The lowest BCUT2D eigenvalue weighted by Crippen LogP contribution is -2.47. The van der Waals surface area contributed by atoms with Crippen molar-refractivity contribution < 1.29 is 18.4 Å². The SMILES string of the molecule is O=C(NC(Cc1ccc(Cl)c(Cl)c1)C(=O)N(Cl)Cc1ccccc1)c1ccc(Cl)cc1N(c1nsnc1Cc1ccccc1)S(=O)[O-]. The lowest BCUT2D eigenvalue weighted by molar-refractivity contribution is -0.129. The van der Waals surface area contributed by atoms with Crippen molar-refractivity contribution in [3.63, 3.8) is 0 Å². The third-order valence-electron chi connectivity index (χ3n) is 6.95.